The summed E-state index contributed by atoms with van der Waals surface area (Å²) in [7, 11) is 5.12. The summed E-state index contributed by atoms with van der Waals surface area (Å²) in [6, 6.07) is 5.13. The Morgan fingerprint density at radius 3 is 2.44 bits per heavy atom. The van der Waals surface area contributed by atoms with Gasteiger partial charge in [0.2, 0.25) is 0 Å². The molecule has 7 nitrogen and oxygen atoms in total. The second kappa shape index (κ2) is 10.2. The molecule has 3 amide bonds. The van der Waals surface area contributed by atoms with E-state index in [1.54, 1.807) is 14.2 Å². The van der Waals surface area contributed by atoms with Gasteiger partial charge < -0.3 is 19.7 Å². The van der Waals surface area contributed by atoms with Gasteiger partial charge >= 0.3 is 6.03 Å². The Bertz CT molecular complexity index is 644. The molecule has 1 unspecified atom stereocenters. The molecule has 0 aliphatic heterocycles. The minimum atomic E-state index is -0.391. The topological polar surface area (TPSA) is 81.1 Å². The number of carbonyl (C=O) groups is 2. The van der Waals surface area contributed by atoms with Crippen molar-refractivity contribution < 1.29 is 24.0 Å². The first kappa shape index (κ1) is 21.0. The molecule has 2 rings (SSSR count). The molecule has 0 heterocycles. The average molecular weight is 378 g/mol. The molecule has 0 saturated heterocycles. The van der Waals surface area contributed by atoms with E-state index in [1.807, 2.05) is 32.2 Å². The number of carbonyl (C=O) groups excluding carboxylic acids is 2. The SMILES string of the molecule is COc1ccc(C[NH+](C)[C@@H](C)C(=O)NC(=O)NC2CCCCC2)cc1OC. The highest BCUT2D eigenvalue weighted by molar-refractivity contribution is 5.96. The van der Waals surface area contributed by atoms with Gasteiger partial charge in [-0.05, 0) is 38.0 Å². The zero-order valence-electron chi connectivity index (χ0n) is 16.8. The summed E-state index contributed by atoms with van der Waals surface area (Å²) in [5.41, 5.74) is 1.02. The van der Waals surface area contributed by atoms with E-state index in [4.69, 9.17) is 9.47 Å². The molecule has 0 aromatic heterocycles. The van der Waals surface area contributed by atoms with Crippen LogP contribution in [0.5, 0.6) is 11.5 Å². The number of nitrogens with one attached hydrogen (secondary N) is 3. The van der Waals surface area contributed by atoms with Gasteiger partial charge in [-0.25, -0.2) is 4.79 Å². The molecule has 1 aromatic carbocycles. The second-order valence-corrected chi connectivity index (χ2v) is 7.23. The number of imide groups is 1. The van der Waals surface area contributed by atoms with Crippen molar-refractivity contribution in [1.29, 1.82) is 0 Å². The van der Waals surface area contributed by atoms with Crippen molar-refractivity contribution in [3.05, 3.63) is 23.8 Å². The first-order valence-corrected chi connectivity index (χ1v) is 9.59. The van der Waals surface area contributed by atoms with Crippen molar-refractivity contribution in [2.24, 2.45) is 0 Å². The summed E-state index contributed by atoms with van der Waals surface area (Å²) < 4.78 is 10.6. The normalized spacial score (nSPS) is 16.9. The number of urea groups is 1. The van der Waals surface area contributed by atoms with E-state index < -0.39 is 6.03 Å². The van der Waals surface area contributed by atoms with Crippen LogP contribution in [0.2, 0.25) is 0 Å². The third-order valence-electron chi connectivity index (χ3n) is 5.24. The molecule has 0 bridgehead atoms. The maximum atomic E-state index is 12.4. The average Bonchev–Trinajstić information content (AvgIpc) is 2.67. The number of likely N-dealkylation sites (N-methyl/N-ethyl adjacent to an activating group) is 1. The Hall–Kier alpha value is -2.28. The minimum Gasteiger partial charge on any atom is -0.493 e. The van der Waals surface area contributed by atoms with Gasteiger partial charge in [-0.2, -0.15) is 0 Å². The van der Waals surface area contributed by atoms with E-state index in [1.165, 1.54) is 6.42 Å². The van der Waals surface area contributed by atoms with Gasteiger partial charge in [0.15, 0.2) is 17.5 Å². The van der Waals surface area contributed by atoms with Gasteiger partial charge in [0, 0.05) is 11.6 Å². The zero-order valence-corrected chi connectivity index (χ0v) is 16.8. The summed E-state index contributed by atoms with van der Waals surface area (Å²) in [5, 5.41) is 5.39. The first-order chi connectivity index (χ1) is 12.9. The van der Waals surface area contributed by atoms with Crippen LogP contribution >= 0.6 is 0 Å². The lowest BCUT2D eigenvalue weighted by atomic mass is 9.96. The smallest absolute Gasteiger partial charge is 0.321 e. The Kier molecular flexibility index (Phi) is 7.91. The molecule has 1 aliphatic carbocycles. The molecule has 1 saturated carbocycles. The van der Waals surface area contributed by atoms with E-state index in [2.05, 4.69) is 10.6 Å². The number of methoxy groups -OCH3 is 2. The number of hydrogen-bond donors (Lipinski definition) is 3. The molecular formula is C20H32N3O4+. The Labute approximate surface area is 161 Å². The fourth-order valence-corrected chi connectivity index (χ4v) is 3.38. The van der Waals surface area contributed by atoms with E-state index >= 15 is 0 Å². The highest BCUT2D eigenvalue weighted by Crippen LogP contribution is 2.27. The van der Waals surface area contributed by atoms with Gasteiger partial charge in [0.25, 0.3) is 5.91 Å². The summed E-state index contributed by atoms with van der Waals surface area (Å²) >= 11 is 0. The van der Waals surface area contributed by atoms with Crippen LogP contribution in [0, 0.1) is 0 Å². The third-order valence-corrected chi connectivity index (χ3v) is 5.24. The Balaban J connectivity index is 1.86. The molecule has 3 N–H and O–H groups in total. The predicted molar refractivity (Wildman–Crippen MR) is 103 cm³/mol. The molecule has 7 heteroatoms. The number of amides is 3. The maximum Gasteiger partial charge on any atom is 0.321 e. The van der Waals surface area contributed by atoms with E-state index in [9.17, 15) is 9.59 Å². The lowest BCUT2D eigenvalue weighted by Crippen LogP contribution is -3.12. The number of hydrogen-bond acceptors (Lipinski definition) is 4. The van der Waals surface area contributed by atoms with Gasteiger partial charge in [-0.1, -0.05) is 19.3 Å². The Morgan fingerprint density at radius 1 is 1.15 bits per heavy atom. The van der Waals surface area contributed by atoms with Crippen molar-refractivity contribution in [3.8, 4) is 11.5 Å². The van der Waals surface area contributed by atoms with Crippen molar-refractivity contribution in [2.75, 3.05) is 21.3 Å². The molecule has 0 radical (unpaired) electrons. The number of rotatable bonds is 7. The quantitative estimate of drug-likeness (QED) is 0.667. The zero-order chi connectivity index (χ0) is 19.8. The van der Waals surface area contributed by atoms with Crippen LogP contribution in [-0.4, -0.2) is 45.3 Å². The molecule has 0 spiro atoms. The predicted octanol–water partition coefficient (Wildman–Crippen LogP) is 1.27. The molecule has 150 valence electrons. The van der Waals surface area contributed by atoms with E-state index in [0.717, 1.165) is 36.1 Å². The van der Waals surface area contributed by atoms with Crippen LogP contribution in [0.15, 0.2) is 18.2 Å². The van der Waals surface area contributed by atoms with Gasteiger partial charge in [-0.15, -0.1) is 0 Å². The van der Waals surface area contributed by atoms with E-state index in [-0.39, 0.29) is 18.0 Å². The fraction of sp³-hybridized carbons (Fsp3) is 0.600. The summed E-state index contributed by atoms with van der Waals surface area (Å²) in [6.45, 7) is 2.44. The lowest BCUT2D eigenvalue weighted by molar-refractivity contribution is -0.908. The minimum absolute atomic E-state index is 0.179. The van der Waals surface area contributed by atoms with Crippen LogP contribution in [0.3, 0.4) is 0 Å². The molecule has 1 aliphatic rings. The first-order valence-electron chi connectivity index (χ1n) is 9.59. The largest absolute Gasteiger partial charge is 0.493 e. The fourth-order valence-electron chi connectivity index (χ4n) is 3.38. The highest BCUT2D eigenvalue weighted by atomic mass is 16.5. The maximum absolute atomic E-state index is 12.4. The van der Waals surface area contributed by atoms with Crippen molar-refractivity contribution in [2.45, 2.75) is 57.7 Å². The monoisotopic (exact) mass is 378 g/mol. The van der Waals surface area contributed by atoms with E-state index in [0.29, 0.717) is 18.0 Å². The lowest BCUT2D eigenvalue weighted by Gasteiger charge is -2.24. The second-order valence-electron chi connectivity index (χ2n) is 7.23. The van der Waals surface area contributed by atoms with Crippen LogP contribution in [0.1, 0.15) is 44.6 Å². The van der Waals surface area contributed by atoms with Gasteiger partial charge in [0.05, 0.1) is 21.3 Å². The third kappa shape index (κ3) is 6.13. The standard InChI is InChI=1S/C20H31N3O4/c1-14(19(24)22-20(25)21-16-8-6-5-7-9-16)23(2)13-15-10-11-17(26-3)18(12-15)27-4/h10-12,14,16H,5-9,13H2,1-4H3,(H2,21,22,24,25)/p+1/t14-/m0/s1. The summed E-state index contributed by atoms with van der Waals surface area (Å²) in [6.07, 6.45) is 5.46. The molecular weight excluding hydrogens is 346 g/mol. The van der Waals surface area contributed by atoms with Gasteiger partial charge in [0.1, 0.15) is 6.54 Å². The Morgan fingerprint density at radius 2 is 1.81 bits per heavy atom. The number of quaternary nitrogens is 1. The molecule has 1 aromatic rings. The van der Waals surface area contributed by atoms with Crippen LogP contribution in [0.25, 0.3) is 0 Å². The number of benzene rings is 1. The molecule has 2 atom stereocenters. The number of ether oxygens (including phenoxy) is 2. The van der Waals surface area contributed by atoms with Crippen LogP contribution in [-0.2, 0) is 11.3 Å². The van der Waals surface area contributed by atoms with Gasteiger partial charge in [-0.3, -0.25) is 10.1 Å². The van der Waals surface area contributed by atoms with Crippen molar-refractivity contribution in [1.82, 2.24) is 10.6 Å². The highest BCUT2D eigenvalue weighted by Gasteiger charge is 2.25. The summed E-state index contributed by atoms with van der Waals surface area (Å²) in [5.74, 6) is 1.05. The van der Waals surface area contributed by atoms with Crippen molar-refractivity contribution in [3.63, 3.8) is 0 Å². The molecule has 1 fully saturated rings. The molecule has 27 heavy (non-hydrogen) atoms. The van der Waals surface area contributed by atoms with Crippen molar-refractivity contribution >= 4 is 11.9 Å². The summed E-state index contributed by atoms with van der Waals surface area (Å²) in [4.78, 5) is 25.5. The van der Waals surface area contributed by atoms with Crippen LogP contribution < -0.4 is 25.0 Å². The van der Waals surface area contributed by atoms with Crippen LogP contribution in [0.4, 0.5) is 4.79 Å².